The molecule has 0 aliphatic rings. The summed E-state index contributed by atoms with van der Waals surface area (Å²) in [7, 11) is 0. The highest BCUT2D eigenvalue weighted by atomic mass is 16.4. The maximum Gasteiger partial charge on any atom is 0.315 e. The molecule has 0 aliphatic carbocycles. The van der Waals surface area contributed by atoms with Crippen LogP contribution in [-0.2, 0) is 4.79 Å². The molecule has 0 radical (unpaired) electrons. The third-order valence-corrected chi connectivity index (χ3v) is 2.07. The number of carboxylic acids is 1. The normalized spacial score (nSPS) is 12.3. The van der Waals surface area contributed by atoms with E-state index in [1.54, 1.807) is 24.4 Å². The first-order chi connectivity index (χ1) is 7.68. The smallest absolute Gasteiger partial charge is 0.315 e. The van der Waals surface area contributed by atoms with Gasteiger partial charge in [-0.05, 0) is 19.1 Å². The van der Waals surface area contributed by atoms with Crippen LogP contribution in [0.2, 0.25) is 0 Å². The lowest BCUT2D eigenvalue weighted by Gasteiger charge is -1.97. The maximum atomic E-state index is 10.7. The second-order valence-corrected chi connectivity index (χ2v) is 3.22. The lowest BCUT2D eigenvalue weighted by atomic mass is 10.2. The highest BCUT2D eigenvalue weighted by Gasteiger charge is 2.21. The number of hydrogen-bond acceptors (Lipinski definition) is 5. The van der Waals surface area contributed by atoms with Crippen LogP contribution in [0.4, 0.5) is 0 Å². The van der Waals surface area contributed by atoms with E-state index in [2.05, 4.69) is 15.2 Å². The zero-order chi connectivity index (χ0) is 11.5. The molecule has 0 aromatic carbocycles. The molecule has 1 unspecified atom stereocenters. The number of hydrogen-bond donors (Lipinski definition) is 1. The van der Waals surface area contributed by atoms with Crippen molar-refractivity contribution >= 4 is 5.97 Å². The summed E-state index contributed by atoms with van der Waals surface area (Å²) >= 11 is 0. The van der Waals surface area contributed by atoms with Crippen molar-refractivity contribution in [3.63, 3.8) is 0 Å². The van der Waals surface area contributed by atoms with E-state index in [1.165, 1.54) is 6.92 Å². The predicted molar refractivity (Wildman–Crippen MR) is 53.6 cm³/mol. The number of nitrogens with zero attached hydrogens (tertiary/aromatic N) is 3. The summed E-state index contributed by atoms with van der Waals surface area (Å²) in [6.07, 6.45) is 1.60. The summed E-state index contributed by atoms with van der Waals surface area (Å²) in [6, 6.07) is 5.26. The Morgan fingerprint density at radius 3 is 2.88 bits per heavy atom. The molecule has 1 N–H and O–H groups in total. The molecule has 0 saturated carbocycles. The van der Waals surface area contributed by atoms with Gasteiger partial charge in [0.05, 0.1) is 0 Å². The van der Waals surface area contributed by atoms with Gasteiger partial charge in [-0.3, -0.25) is 9.78 Å². The number of aliphatic carboxylic acids is 1. The standard InChI is InChI=1S/C10H9N3O3/c1-6(10(14)15)8-12-13-9(16-8)7-4-2-3-5-11-7/h2-6H,1H3,(H,14,15). The number of aromatic nitrogens is 3. The van der Waals surface area contributed by atoms with E-state index < -0.39 is 11.9 Å². The quantitative estimate of drug-likeness (QED) is 0.837. The van der Waals surface area contributed by atoms with Gasteiger partial charge in [0.2, 0.25) is 5.89 Å². The van der Waals surface area contributed by atoms with Crippen molar-refractivity contribution in [1.29, 1.82) is 0 Å². The van der Waals surface area contributed by atoms with Crippen LogP contribution in [-0.4, -0.2) is 26.3 Å². The number of pyridine rings is 1. The molecule has 82 valence electrons. The van der Waals surface area contributed by atoms with Crippen LogP contribution in [0, 0.1) is 0 Å². The molecular formula is C10H9N3O3. The maximum absolute atomic E-state index is 10.7. The van der Waals surface area contributed by atoms with Crippen LogP contribution in [0.5, 0.6) is 0 Å². The molecule has 1 atom stereocenters. The summed E-state index contributed by atoms with van der Waals surface area (Å²) in [6.45, 7) is 1.48. The average molecular weight is 219 g/mol. The van der Waals surface area contributed by atoms with Gasteiger partial charge in [0, 0.05) is 6.20 Å². The molecule has 0 fully saturated rings. The molecule has 0 aliphatic heterocycles. The second kappa shape index (κ2) is 4.09. The highest BCUT2D eigenvalue weighted by molar-refractivity contribution is 5.74. The Balaban J connectivity index is 2.30. The minimum absolute atomic E-state index is 0.0770. The van der Waals surface area contributed by atoms with Gasteiger partial charge in [0.1, 0.15) is 11.6 Å². The first-order valence-corrected chi connectivity index (χ1v) is 4.66. The van der Waals surface area contributed by atoms with Crippen molar-refractivity contribution in [2.45, 2.75) is 12.8 Å². The van der Waals surface area contributed by atoms with Gasteiger partial charge in [-0.15, -0.1) is 10.2 Å². The van der Waals surface area contributed by atoms with Crippen molar-refractivity contribution in [2.24, 2.45) is 0 Å². The summed E-state index contributed by atoms with van der Waals surface area (Å²) in [5.41, 5.74) is 0.527. The lowest BCUT2D eigenvalue weighted by molar-refractivity contribution is -0.138. The van der Waals surface area contributed by atoms with Crippen LogP contribution >= 0.6 is 0 Å². The van der Waals surface area contributed by atoms with Crippen molar-refractivity contribution in [2.75, 3.05) is 0 Å². The van der Waals surface area contributed by atoms with E-state index in [-0.39, 0.29) is 11.8 Å². The molecule has 2 heterocycles. The van der Waals surface area contributed by atoms with Crippen LogP contribution in [0.15, 0.2) is 28.8 Å². The summed E-state index contributed by atoms with van der Waals surface area (Å²) in [5, 5.41) is 16.2. The Hall–Kier alpha value is -2.24. The van der Waals surface area contributed by atoms with Gasteiger partial charge in [-0.25, -0.2) is 0 Å². The van der Waals surface area contributed by atoms with Gasteiger partial charge in [0.25, 0.3) is 5.89 Å². The number of carboxylic acid groups (broad SMARTS) is 1. The zero-order valence-corrected chi connectivity index (χ0v) is 8.49. The minimum Gasteiger partial charge on any atom is -0.481 e. The topological polar surface area (TPSA) is 89.1 Å². The first kappa shape index (κ1) is 10.3. The fourth-order valence-electron chi connectivity index (χ4n) is 1.11. The number of carbonyl (C=O) groups is 1. The monoisotopic (exact) mass is 219 g/mol. The van der Waals surface area contributed by atoms with E-state index in [9.17, 15) is 4.79 Å². The third-order valence-electron chi connectivity index (χ3n) is 2.07. The fraction of sp³-hybridized carbons (Fsp3) is 0.200. The van der Waals surface area contributed by atoms with Crippen molar-refractivity contribution < 1.29 is 14.3 Å². The van der Waals surface area contributed by atoms with Gasteiger partial charge < -0.3 is 9.52 Å². The molecule has 6 heteroatoms. The molecule has 2 rings (SSSR count). The van der Waals surface area contributed by atoms with E-state index in [1.807, 2.05) is 0 Å². The Kier molecular flexibility index (Phi) is 2.63. The molecule has 0 saturated heterocycles. The molecule has 0 bridgehead atoms. The summed E-state index contributed by atoms with van der Waals surface area (Å²) in [5.74, 6) is -1.52. The lowest BCUT2D eigenvalue weighted by Crippen LogP contribution is -2.07. The first-order valence-electron chi connectivity index (χ1n) is 4.66. The molecule has 6 nitrogen and oxygen atoms in total. The third kappa shape index (κ3) is 1.90. The predicted octanol–water partition coefficient (Wildman–Crippen LogP) is 1.32. The minimum atomic E-state index is -1.00. The average Bonchev–Trinajstić information content (AvgIpc) is 2.78. The van der Waals surface area contributed by atoms with E-state index in [4.69, 9.17) is 9.52 Å². The Morgan fingerprint density at radius 2 is 2.25 bits per heavy atom. The van der Waals surface area contributed by atoms with Crippen LogP contribution < -0.4 is 0 Å². The van der Waals surface area contributed by atoms with Crippen LogP contribution in [0.1, 0.15) is 18.7 Å². The fourth-order valence-corrected chi connectivity index (χ4v) is 1.11. The van der Waals surface area contributed by atoms with Crippen LogP contribution in [0.3, 0.4) is 0 Å². The molecule has 16 heavy (non-hydrogen) atoms. The van der Waals surface area contributed by atoms with E-state index in [0.717, 1.165) is 0 Å². The van der Waals surface area contributed by atoms with Gasteiger partial charge in [-0.1, -0.05) is 6.07 Å². The SMILES string of the molecule is CC(C(=O)O)c1nnc(-c2ccccn2)o1. The van der Waals surface area contributed by atoms with Crippen molar-refractivity contribution in [3.05, 3.63) is 30.3 Å². The molecule has 2 aromatic rings. The highest BCUT2D eigenvalue weighted by Crippen LogP contribution is 2.19. The Bertz CT molecular complexity index is 495. The Labute approximate surface area is 91.0 Å². The second-order valence-electron chi connectivity index (χ2n) is 3.22. The van der Waals surface area contributed by atoms with Gasteiger partial charge in [-0.2, -0.15) is 0 Å². The molecule has 2 aromatic heterocycles. The van der Waals surface area contributed by atoms with Crippen LogP contribution in [0.25, 0.3) is 11.6 Å². The summed E-state index contributed by atoms with van der Waals surface area (Å²) in [4.78, 5) is 14.7. The molecular weight excluding hydrogens is 210 g/mol. The van der Waals surface area contributed by atoms with E-state index in [0.29, 0.717) is 5.69 Å². The van der Waals surface area contributed by atoms with Crippen molar-refractivity contribution in [3.8, 4) is 11.6 Å². The Morgan fingerprint density at radius 1 is 1.44 bits per heavy atom. The summed E-state index contributed by atoms with van der Waals surface area (Å²) < 4.78 is 5.23. The van der Waals surface area contributed by atoms with E-state index >= 15 is 0 Å². The van der Waals surface area contributed by atoms with Crippen molar-refractivity contribution in [1.82, 2.24) is 15.2 Å². The van der Waals surface area contributed by atoms with Gasteiger partial charge in [0.15, 0.2) is 0 Å². The number of rotatable bonds is 3. The zero-order valence-electron chi connectivity index (χ0n) is 8.49. The van der Waals surface area contributed by atoms with Gasteiger partial charge >= 0.3 is 5.97 Å². The molecule has 0 amide bonds. The molecule has 0 spiro atoms. The largest absolute Gasteiger partial charge is 0.481 e.